The molecule has 3 aliphatic rings. The Morgan fingerprint density at radius 3 is 0.858 bits per heavy atom. The lowest BCUT2D eigenvalue weighted by atomic mass is 9.98. The van der Waals surface area contributed by atoms with Gasteiger partial charge in [0.05, 0.1) is 84.2 Å². The predicted molar refractivity (Wildman–Crippen MR) is 533 cm³/mol. The first kappa shape index (κ1) is 130. The first-order chi connectivity index (χ1) is 68.4. The molecule has 826 valence electrons. The molecule has 3 fully saturated rings. The fourth-order valence-corrected chi connectivity index (χ4v) is 16.6. The fraction of sp³-hybridized carbons (Fsp3) is 0.921. The van der Waals surface area contributed by atoms with Crippen LogP contribution in [0.2, 0.25) is 0 Å². The van der Waals surface area contributed by atoms with E-state index in [4.69, 9.17) is 74.0 Å². The van der Waals surface area contributed by atoms with Crippen LogP contribution in [0.15, 0.2) is 0 Å². The Kier molecular flexibility index (Phi) is 79.7. The van der Waals surface area contributed by atoms with E-state index in [9.17, 15) is 84.3 Å². The number of aliphatic hydroxyl groups is 9. The molecule has 0 aromatic carbocycles. The van der Waals surface area contributed by atoms with Crippen LogP contribution in [0.5, 0.6) is 0 Å². The molecule has 23 N–H and O–H groups in total. The molecular weight excluding hydrogens is 1830 g/mol. The second-order valence-electron chi connectivity index (χ2n) is 38.2. The first-order valence-electron chi connectivity index (χ1n) is 54.2. The van der Waals surface area contributed by atoms with Crippen molar-refractivity contribution in [3.05, 3.63) is 0 Å². The molecule has 40 nitrogen and oxygen atoms in total. The number of hydrogen-bond acceptors (Lipinski definition) is 32. The van der Waals surface area contributed by atoms with Crippen molar-refractivity contribution in [2.45, 2.75) is 445 Å². The number of aliphatic hydroxyl groups excluding tert-OH is 9. The van der Waals surface area contributed by atoms with E-state index in [0.29, 0.717) is 96.9 Å². The van der Waals surface area contributed by atoms with Crippen molar-refractivity contribution in [3.8, 4) is 0 Å². The van der Waals surface area contributed by atoms with Gasteiger partial charge >= 0.3 is 6.09 Å². The van der Waals surface area contributed by atoms with E-state index < -0.39 is 135 Å². The summed E-state index contributed by atoms with van der Waals surface area (Å²) < 4.78 is 70.1. The van der Waals surface area contributed by atoms with Crippen LogP contribution in [-0.4, -0.2) is 348 Å². The van der Waals surface area contributed by atoms with Crippen molar-refractivity contribution in [1.29, 1.82) is 0 Å². The van der Waals surface area contributed by atoms with Crippen LogP contribution >= 0.6 is 0 Å². The Morgan fingerprint density at radius 1 is 0.284 bits per heavy atom. The molecule has 0 saturated carbocycles. The topological polar surface area (TPSA) is 604 Å². The number of carbonyl (C=O) groups is 8. The Bertz CT molecular complexity index is 2890. The lowest BCUT2D eigenvalue weighted by molar-refractivity contribution is -0.265. The zero-order valence-electron chi connectivity index (χ0n) is 86.0. The highest BCUT2D eigenvalue weighted by Crippen LogP contribution is 2.26. The number of ether oxygens (including phenoxy) is 12. The van der Waals surface area contributed by atoms with Crippen molar-refractivity contribution < 1.29 is 141 Å². The number of hydrogen-bond donors (Lipinski definition) is 20. The maximum absolute atomic E-state index is 14.3. The molecule has 8 amide bonds. The minimum atomic E-state index is -1.46. The Labute approximate surface area is 840 Å². The predicted octanol–water partition coefficient (Wildman–Crippen LogP) is 6.00. The summed E-state index contributed by atoms with van der Waals surface area (Å²) in [6, 6.07) is -3.12. The summed E-state index contributed by atoms with van der Waals surface area (Å²) in [5, 5.41) is 112. The summed E-state index contributed by atoms with van der Waals surface area (Å²) in [6.07, 6.45) is 30.9. The molecule has 0 aliphatic carbocycles. The molecule has 3 heterocycles. The number of carbonyl (C=O) groups excluding carboxylic acids is 8. The van der Waals surface area contributed by atoms with Gasteiger partial charge in [0.2, 0.25) is 41.4 Å². The van der Waals surface area contributed by atoms with Crippen LogP contribution in [0, 0.1) is 0 Å². The quantitative estimate of drug-likeness (QED) is 0.0310. The van der Waals surface area contributed by atoms with Crippen molar-refractivity contribution >= 4 is 47.4 Å². The van der Waals surface area contributed by atoms with Gasteiger partial charge in [-0.25, -0.2) is 4.79 Å². The number of rotatable bonds is 94. The Hall–Kier alpha value is -5.36. The second-order valence-corrected chi connectivity index (χ2v) is 38.2. The molecule has 141 heavy (non-hydrogen) atoms. The van der Waals surface area contributed by atoms with Crippen LogP contribution in [0.1, 0.15) is 341 Å². The maximum atomic E-state index is 14.3. The second kappa shape index (κ2) is 86.6. The average molecular weight is 2030 g/mol. The van der Waals surface area contributed by atoms with E-state index >= 15 is 0 Å². The normalized spacial score (nSPS) is 22.0. The minimum Gasteiger partial charge on any atom is -0.447 e. The van der Waals surface area contributed by atoms with Gasteiger partial charge in [-0.3, -0.25) is 33.6 Å². The maximum Gasteiger partial charge on any atom is 0.407 e. The molecule has 0 aromatic rings. The number of unbranched alkanes of at least 4 members (excludes halogenated alkanes) is 35. The highest BCUT2D eigenvalue weighted by molar-refractivity contribution is 5.78. The largest absolute Gasteiger partial charge is 0.447 e. The standard InChI is InChI=1S/C101H193N11O29/c1-3-5-7-9-11-13-15-17-19-21-23-25-27-29-31-39-61-130-72-77(134-62-40-32-30-28-26-24-22-20-18-16-14-12-10-8-6-4-2)73-138-100(129)111-54-38-33-34-50-87(122)112-101(74-131-66-51-84(119)108-58-44-55-105-81(116)47-35-41-63-135-97-88(102)94(126)91(123)78(69-113)139-97,75-132-67-52-85(120)109-59-45-56-106-82(117)48-36-42-64-136-98-89(103)95(127)92(124)79(70-114)140-98)76-133-68-53-86(121)110-60-46-57-107-83(118)49-37-43-65-137-99-90(104)96(128)93(125)80(71-115)141-99/h77-80,88-99,113-115,123-128H,3-76,102-104H2,1-2H3,(H,105,116)(H,106,117)(H,107,118)(H,108,119)(H,109,120)(H,110,121)(H,111,129)(H,112,122)/t77-,78?,79?,80?,88?,89?,90?,91?,92?,93?,94?,95?,96?,97?,98?,99?,101?/m1/s1. The molecule has 0 spiro atoms. The van der Waals surface area contributed by atoms with Gasteiger partial charge in [0.25, 0.3) is 0 Å². The van der Waals surface area contributed by atoms with Crippen LogP contribution in [-0.2, 0) is 90.4 Å². The first-order valence-corrected chi connectivity index (χ1v) is 54.2. The molecule has 0 bridgehead atoms. The van der Waals surface area contributed by atoms with E-state index in [1.54, 1.807) is 0 Å². The van der Waals surface area contributed by atoms with Gasteiger partial charge in [-0.2, -0.15) is 0 Å². The molecule has 3 saturated heterocycles. The highest BCUT2D eigenvalue weighted by atomic mass is 16.7. The molecule has 3 aliphatic heterocycles. The average Bonchev–Trinajstić information content (AvgIpc) is 0.823. The summed E-state index contributed by atoms with van der Waals surface area (Å²) in [5.41, 5.74) is 16.4. The number of nitrogens with two attached hydrogens (primary N) is 3. The number of nitrogens with one attached hydrogen (secondary N) is 8. The molecule has 16 atom stereocenters. The Balaban J connectivity index is 1.63. The van der Waals surface area contributed by atoms with E-state index in [-0.39, 0.29) is 192 Å². The summed E-state index contributed by atoms with van der Waals surface area (Å²) >= 11 is 0. The summed E-state index contributed by atoms with van der Waals surface area (Å²) in [5.74, 6) is -2.18. The molecule has 40 heteroatoms. The third kappa shape index (κ3) is 65.2. The van der Waals surface area contributed by atoms with Crippen LogP contribution in [0.25, 0.3) is 0 Å². The van der Waals surface area contributed by atoms with Gasteiger partial charge in [-0.15, -0.1) is 0 Å². The fourth-order valence-electron chi connectivity index (χ4n) is 16.6. The summed E-state index contributed by atoms with van der Waals surface area (Å²) in [4.78, 5) is 105. The zero-order valence-corrected chi connectivity index (χ0v) is 86.0. The Morgan fingerprint density at radius 2 is 0.546 bits per heavy atom. The molecule has 0 aromatic heterocycles. The van der Waals surface area contributed by atoms with Crippen molar-refractivity contribution in [1.82, 2.24) is 42.5 Å². The van der Waals surface area contributed by atoms with Crippen molar-refractivity contribution in [2.24, 2.45) is 17.2 Å². The number of amides is 8. The monoisotopic (exact) mass is 2020 g/mol. The van der Waals surface area contributed by atoms with Crippen molar-refractivity contribution in [2.75, 3.05) is 152 Å². The van der Waals surface area contributed by atoms with Crippen LogP contribution in [0.4, 0.5) is 4.79 Å². The van der Waals surface area contributed by atoms with Crippen molar-refractivity contribution in [3.63, 3.8) is 0 Å². The third-order valence-corrected chi connectivity index (χ3v) is 25.5. The lowest BCUT2D eigenvalue weighted by Gasteiger charge is -2.40. The summed E-state index contributed by atoms with van der Waals surface area (Å²) in [6.45, 7) is 5.37. The number of alkyl carbamates (subject to hydrolysis) is 1. The van der Waals surface area contributed by atoms with Gasteiger partial charge in [-0.1, -0.05) is 213 Å². The highest BCUT2D eigenvalue weighted by Gasteiger charge is 2.46. The summed E-state index contributed by atoms with van der Waals surface area (Å²) in [7, 11) is 0. The van der Waals surface area contributed by atoms with E-state index in [2.05, 4.69) is 56.4 Å². The van der Waals surface area contributed by atoms with E-state index in [1.807, 2.05) is 0 Å². The lowest BCUT2D eigenvalue weighted by Crippen LogP contribution is -2.62. The zero-order chi connectivity index (χ0) is 103. The SMILES string of the molecule is CCCCCCCCCCCCCCCCCCOC[C@H](COC(=O)NCCCCCC(=O)NC(COCCC(=O)NCCCNC(=O)CCCCOC1OC(CO)C(O)C(O)C1N)(COCCC(=O)NCCCNC(=O)CCCCOC1OC(CO)C(O)C(O)C1N)COCCC(=O)NCCCNC(=O)CCCCOC1OC(CO)C(O)C(O)C1N)OCCCCCCCCCCCCCCCCCC. The van der Waals surface area contributed by atoms with E-state index in [0.717, 1.165) is 32.1 Å². The van der Waals surface area contributed by atoms with Crippen LogP contribution < -0.4 is 59.7 Å². The molecule has 15 unspecified atom stereocenters. The van der Waals surface area contributed by atoms with Gasteiger partial charge in [0, 0.05) is 124 Å². The third-order valence-electron chi connectivity index (χ3n) is 25.5. The van der Waals surface area contributed by atoms with Gasteiger partial charge in [0.1, 0.15) is 73.2 Å². The minimum absolute atomic E-state index is 0.0204. The van der Waals surface area contributed by atoms with Gasteiger partial charge in [0.15, 0.2) is 18.9 Å². The molecule has 0 radical (unpaired) electrons. The van der Waals surface area contributed by atoms with Gasteiger partial charge in [-0.05, 0) is 83.5 Å². The van der Waals surface area contributed by atoms with E-state index in [1.165, 1.54) is 173 Å². The van der Waals surface area contributed by atoms with Crippen LogP contribution in [0.3, 0.4) is 0 Å². The smallest absolute Gasteiger partial charge is 0.407 e. The molecular formula is C101H193N11O29. The molecule has 3 rings (SSSR count). The van der Waals surface area contributed by atoms with Gasteiger partial charge < -0.3 is 163 Å².